The van der Waals surface area contributed by atoms with Crippen LogP contribution in [0.2, 0.25) is 0 Å². The number of aliphatic hydroxyl groups is 7. The highest BCUT2D eigenvalue weighted by molar-refractivity contribution is 5.80. The molecule has 0 bridgehead atoms. The number of ether oxygens (including phenoxy) is 2. The number of nitrogens with one attached hydrogen (secondary N) is 1. The maximum atomic E-state index is 13.1. The number of hydrogen-bond donors (Lipinski definition) is 8. The number of rotatable bonds is 48. The Balaban J connectivity index is 2.31. The molecule has 1 aliphatic heterocycles. The van der Waals surface area contributed by atoms with Crippen LogP contribution in [0.1, 0.15) is 271 Å². The summed E-state index contributed by atoms with van der Waals surface area (Å²) in [4.78, 5) is 13.1. The Morgan fingerprint density at radius 1 is 0.477 bits per heavy atom. The molecule has 1 aliphatic rings. The molecule has 1 saturated heterocycles. The third kappa shape index (κ3) is 33.3. The third-order valence-corrected chi connectivity index (χ3v) is 13.9. The minimum atomic E-state index is -1.66. The lowest BCUT2D eigenvalue weighted by atomic mass is 9.98. The Hall–Kier alpha value is -0.890. The number of aliphatic hydroxyl groups excluding tert-OH is 7. The summed E-state index contributed by atoms with van der Waals surface area (Å²) in [5.41, 5.74) is 0. The fourth-order valence-corrected chi connectivity index (χ4v) is 9.33. The Kier molecular flexibility index (Phi) is 42.4. The second-order valence-corrected chi connectivity index (χ2v) is 20.0. The molecule has 0 aromatic heterocycles. The van der Waals surface area contributed by atoms with Gasteiger partial charge in [-0.2, -0.15) is 0 Å². The van der Waals surface area contributed by atoms with Gasteiger partial charge in [-0.15, -0.1) is 0 Å². The van der Waals surface area contributed by atoms with Gasteiger partial charge < -0.3 is 50.5 Å². The van der Waals surface area contributed by atoms with Crippen LogP contribution in [0.4, 0.5) is 0 Å². The largest absolute Gasteiger partial charge is 0.394 e. The van der Waals surface area contributed by atoms with Gasteiger partial charge in [0.1, 0.15) is 36.6 Å². The van der Waals surface area contributed by atoms with E-state index >= 15 is 0 Å². The van der Waals surface area contributed by atoms with Crippen molar-refractivity contribution in [3.05, 3.63) is 0 Å². The van der Waals surface area contributed by atoms with E-state index in [1.165, 1.54) is 193 Å². The standard InChI is InChI=1S/C54H107NO10/c1-3-5-7-9-11-13-15-17-19-20-21-22-23-24-25-26-28-29-31-33-35-37-39-41-46(57)49(59)45(44-64-54-52(62)51(61)50(60)48(43-56)65-54)55-53(63)47(58)42-40-38-36-34-32-30-27-18-16-14-12-10-8-6-4-2/h45-52,54,56-62H,3-44H2,1-2H3,(H,55,63). The topological polar surface area (TPSA) is 189 Å². The summed E-state index contributed by atoms with van der Waals surface area (Å²) < 4.78 is 11.1. The van der Waals surface area contributed by atoms with E-state index in [4.69, 9.17) is 9.47 Å². The van der Waals surface area contributed by atoms with Crippen LogP contribution in [0.5, 0.6) is 0 Å². The molecule has 11 heteroatoms. The molecule has 65 heavy (non-hydrogen) atoms. The molecule has 11 nitrogen and oxygen atoms in total. The minimum Gasteiger partial charge on any atom is -0.394 e. The predicted octanol–water partition coefficient (Wildman–Crippen LogP) is 11.0. The second-order valence-electron chi connectivity index (χ2n) is 20.0. The van der Waals surface area contributed by atoms with Crippen molar-refractivity contribution in [2.75, 3.05) is 13.2 Å². The fraction of sp³-hybridized carbons (Fsp3) is 0.981. The van der Waals surface area contributed by atoms with Crippen LogP contribution in [-0.2, 0) is 14.3 Å². The first kappa shape index (κ1) is 62.1. The zero-order chi connectivity index (χ0) is 47.6. The molecule has 1 heterocycles. The Labute approximate surface area is 399 Å². The van der Waals surface area contributed by atoms with Crippen molar-refractivity contribution in [2.45, 2.75) is 326 Å². The molecule has 1 rings (SSSR count). The molecule has 0 aromatic carbocycles. The van der Waals surface area contributed by atoms with Crippen LogP contribution in [0, 0.1) is 0 Å². The van der Waals surface area contributed by atoms with Crippen LogP contribution in [0.15, 0.2) is 0 Å². The summed E-state index contributed by atoms with van der Waals surface area (Å²) in [6.07, 6.45) is 37.2. The first-order chi connectivity index (χ1) is 31.7. The van der Waals surface area contributed by atoms with Crippen LogP contribution in [0.25, 0.3) is 0 Å². The van der Waals surface area contributed by atoms with Gasteiger partial charge in [-0.25, -0.2) is 0 Å². The molecule has 1 amide bonds. The van der Waals surface area contributed by atoms with Crippen molar-refractivity contribution < 1.29 is 50.0 Å². The van der Waals surface area contributed by atoms with Crippen LogP contribution < -0.4 is 5.32 Å². The zero-order valence-electron chi connectivity index (χ0n) is 42.2. The van der Waals surface area contributed by atoms with E-state index in [9.17, 15) is 40.5 Å². The highest BCUT2D eigenvalue weighted by Gasteiger charge is 2.44. The van der Waals surface area contributed by atoms with Crippen molar-refractivity contribution in [1.82, 2.24) is 5.32 Å². The van der Waals surface area contributed by atoms with Crippen LogP contribution in [-0.4, -0.2) is 110 Å². The molecule has 8 N–H and O–H groups in total. The summed E-state index contributed by atoms with van der Waals surface area (Å²) in [6, 6.07) is -1.16. The van der Waals surface area contributed by atoms with E-state index < -0.39 is 74.2 Å². The zero-order valence-corrected chi connectivity index (χ0v) is 42.2. The number of carbonyl (C=O) groups is 1. The van der Waals surface area contributed by atoms with Gasteiger partial charge in [0.05, 0.1) is 25.4 Å². The number of hydrogen-bond acceptors (Lipinski definition) is 10. The molecule has 0 spiro atoms. The molecule has 388 valence electrons. The van der Waals surface area contributed by atoms with E-state index in [-0.39, 0.29) is 6.42 Å². The van der Waals surface area contributed by atoms with Crippen LogP contribution >= 0.6 is 0 Å². The second kappa shape index (κ2) is 44.3. The van der Waals surface area contributed by atoms with Crippen LogP contribution in [0.3, 0.4) is 0 Å². The normalized spacial score (nSPS) is 20.8. The van der Waals surface area contributed by atoms with E-state index in [0.717, 1.165) is 38.5 Å². The monoisotopic (exact) mass is 930 g/mol. The molecule has 0 aromatic rings. The molecule has 9 unspecified atom stereocenters. The van der Waals surface area contributed by atoms with Gasteiger partial charge in [-0.05, 0) is 12.8 Å². The number of amides is 1. The van der Waals surface area contributed by atoms with Crippen molar-refractivity contribution >= 4 is 5.91 Å². The lowest BCUT2D eigenvalue weighted by Gasteiger charge is -2.40. The van der Waals surface area contributed by atoms with Crippen molar-refractivity contribution in [3.63, 3.8) is 0 Å². The Bertz CT molecular complexity index is 1020. The molecule has 1 fully saturated rings. The lowest BCUT2D eigenvalue weighted by molar-refractivity contribution is -0.303. The first-order valence-corrected chi connectivity index (χ1v) is 27.9. The van der Waals surface area contributed by atoms with E-state index in [1.54, 1.807) is 0 Å². The highest BCUT2D eigenvalue weighted by Crippen LogP contribution is 2.23. The maximum absolute atomic E-state index is 13.1. The van der Waals surface area contributed by atoms with Crippen molar-refractivity contribution in [1.29, 1.82) is 0 Å². The Morgan fingerprint density at radius 2 is 0.800 bits per heavy atom. The van der Waals surface area contributed by atoms with E-state index in [2.05, 4.69) is 19.2 Å². The Morgan fingerprint density at radius 3 is 1.14 bits per heavy atom. The first-order valence-electron chi connectivity index (χ1n) is 27.9. The molecular weight excluding hydrogens is 823 g/mol. The number of carbonyl (C=O) groups excluding carboxylic acids is 1. The smallest absolute Gasteiger partial charge is 0.249 e. The summed E-state index contributed by atoms with van der Waals surface area (Å²) >= 11 is 0. The quantitative estimate of drug-likeness (QED) is 0.0273. The van der Waals surface area contributed by atoms with E-state index in [1.807, 2.05) is 0 Å². The number of unbranched alkanes of at least 4 members (excludes halogenated alkanes) is 36. The van der Waals surface area contributed by atoms with Gasteiger partial charge in [-0.3, -0.25) is 4.79 Å². The summed E-state index contributed by atoms with van der Waals surface area (Å²) in [6.45, 7) is 3.49. The van der Waals surface area contributed by atoms with Crippen molar-refractivity contribution in [2.24, 2.45) is 0 Å². The maximum Gasteiger partial charge on any atom is 0.249 e. The van der Waals surface area contributed by atoms with Gasteiger partial charge in [0.2, 0.25) is 5.91 Å². The van der Waals surface area contributed by atoms with Gasteiger partial charge in [0, 0.05) is 0 Å². The molecular formula is C54H107NO10. The average Bonchev–Trinajstić information content (AvgIpc) is 3.31. The highest BCUT2D eigenvalue weighted by atomic mass is 16.7. The third-order valence-electron chi connectivity index (χ3n) is 13.9. The molecule has 0 aliphatic carbocycles. The van der Waals surface area contributed by atoms with Gasteiger partial charge in [-0.1, -0.05) is 258 Å². The summed E-state index contributed by atoms with van der Waals surface area (Å²) in [5, 5.41) is 76.0. The summed E-state index contributed by atoms with van der Waals surface area (Å²) in [5.74, 6) is -0.691. The van der Waals surface area contributed by atoms with Gasteiger partial charge in [0.15, 0.2) is 6.29 Å². The molecule has 9 atom stereocenters. The predicted molar refractivity (Wildman–Crippen MR) is 266 cm³/mol. The molecule has 0 radical (unpaired) electrons. The lowest BCUT2D eigenvalue weighted by Crippen LogP contribution is -2.60. The van der Waals surface area contributed by atoms with Gasteiger partial charge >= 0.3 is 0 Å². The fourth-order valence-electron chi connectivity index (χ4n) is 9.33. The molecule has 0 saturated carbocycles. The summed E-state index contributed by atoms with van der Waals surface area (Å²) in [7, 11) is 0. The SMILES string of the molecule is CCCCCCCCCCCCCCCCCCCCCCCCCC(O)C(O)C(COC1OC(CO)C(O)C(O)C1O)NC(=O)C(O)CCCCCCCCCCCCCCCCC. The minimum absolute atomic E-state index is 0.266. The van der Waals surface area contributed by atoms with Gasteiger partial charge in [0.25, 0.3) is 0 Å². The average molecular weight is 930 g/mol. The van der Waals surface area contributed by atoms with E-state index in [0.29, 0.717) is 19.3 Å². The van der Waals surface area contributed by atoms with Crippen molar-refractivity contribution in [3.8, 4) is 0 Å².